The van der Waals surface area contributed by atoms with Crippen molar-refractivity contribution in [2.45, 2.75) is 40.2 Å². The second kappa shape index (κ2) is 11.6. The minimum Gasteiger partial charge on any atom is -0.444 e. The molecule has 1 saturated heterocycles. The fourth-order valence-corrected chi connectivity index (χ4v) is 5.08. The van der Waals surface area contributed by atoms with E-state index in [-0.39, 0.29) is 17.4 Å². The summed E-state index contributed by atoms with van der Waals surface area (Å²) in [6.45, 7) is 11.2. The van der Waals surface area contributed by atoms with Crippen LogP contribution in [-0.2, 0) is 4.74 Å². The number of ether oxygens (including phenoxy) is 1. The number of benzene rings is 1. The molecule has 1 fully saturated rings. The van der Waals surface area contributed by atoms with Crippen LogP contribution in [0.15, 0.2) is 59.4 Å². The number of fused-ring (bicyclic) bond motifs is 1. The molecule has 2 amide bonds. The lowest BCUT2D eigenvalue weighted by Crippen LogP contribution is -2.50. The first kappa shape index (κ1) is 29.7. The maximum absolute atomic E-state index is 15.0. The van der Waals surface area contributed by atoms with Crippen LogP contribution in [0.3, 0.4) is 0 Å². The van der Waals surface area contributed by atoms with Gasteiger partial charge < -0.3 is 24.3 Å². The van der Waals surface area contributed by atoms with Crippen LogP contribution >= 0.6 is 0 Å². The number of rotatable bonds is 5. The minimum atomic E-state index is -0.539. The Balaban J connectivity index is 1.19. The van der Waals surface area contributed by atoms with Gasteiger partial charge in [-0.15, -0.1) is 0 Å². The van der Waals surface area contributed by atoms with Gasteiger partial charge in [0.05, 0.1) is 17.1 Å². The van der Waals surface area contributed by atoms with Gasteiger partial charge >= 0.3 is 6.09 Å². The highest BCUT2D eigenvalue weighted by atomic mass is 19.1. The molecule has 5 aromatic rings. The SMILES string of the molecule is Cc1nc(C)c(C(=O)Nc2ccc(F)c(-c3cn4cc(-c5cccc(N6CCN(C(=O)OC(C)(C)C)CC6)n5)cnc4n3)c2)o1. The lowest BCUT2D eigenvalue weighted by atomic mass is 10.1. The summed E-state index contributed by atoms with van der Waals surface area (Å²) in [4.78, 5) is 47.0. The van der Waals surface area contributed by atoms with E-state index in [9.17, 15) is 14.0 Å². The summed E-state index contributed by atoms with van der Waals surface area (Å²) in [7, 11) is 0. The molecule has 45 heavy (non-hydrogen) atoms. The van der Waals surface area contributed by atoms with Crippen LogP contribution in [0.4, 0.5) is 20.7 Å². The predicted octanol–water partition coefficient (Wildman–Crippen LogP) is 5.51. The molecule has 0 atom stereocenters. The normalized spacial score (nSPS) is 13.7. The Morgan fingerprint density at radius 1 is 0.978 bits per heavy atom. The van der Waals surface area contributed by atoms with Crippen molar-refractivity contribution in [3.63, 3.8) is 0 Å². The van der Waals surface area contributed by atoms with E-state index in [0.717, 1.165) is 11.4 Å². The number of piperazine rings is 1. The Kier molecular flexibility index (Phi) is 7.69. The number of hydrogen-bond acceptors (Lipinski definition) is 9. The summed E-state index contributed by atoms with van der Waals surface area (Å²) in [6.07, 6.45) is 4.88. The molecular formula is C32H33FN8O4. The van der Waals surface area contributed by atoms with Crippen molar-refractivity contribution in [3.05, 3.63) is 78.2 Å². The molecule has 0 unspecified atom stereocenters. The number of imidazole rings is 1. The third-order valence-corrected chi connectivity index (χ3v) is 7.21. The van der Waals surface area contributed by atoms with E-state index in [2.05, 4.69) is 25.2 Å². The Bertz CT molecular complexity index is 1900. The number of amides is 2. The van der Waals surface area contributed by atoms with Crippen LogP contribution in [-0.4, -0.2) is 73.0 Å². The van der Waals surface area contributed by atoms with Gasteiger partial charge in [-0.05, 0) is 58.0 Å². The lowest BCUT2D eigenvalue weighted by Gasteiger charge is -2.36. The largest absolute Gasteiger partial charge is 0.444 e. The fraction of sp³-hybridized carbons (Fsp3) is 0.312. The van der Waals surface area contributed by atoms with Crippen molar-refractivity contribution in [3.8, 4) is 22.5 Å². The van der Waals surface area contributed by atoms with Crippen LogP contribution < -0.4 is 10.2 Å². The number of aryl methyl sites for hydroxylation is 2. The molecule has 1 N–H and O–H groups in total. The van der Waals surface area contributed by atoms with Gasteiger partial charge in [-0.3, -0.25) is 9.20 Å². The van der Waals surface area contributed by atoms with Crippen LogP contribution in [0.25, 0.3) is 28.3 Å². The van der Waals surface area contributed by atoms with Gasteiger partial charge in [0.15, 0.2) is 5.89 Å². The van der Waals surface area contributed by atoms with Crippen molar-refractivity contribution < 1.29 is 23.1 Å². The van der Waals surface area contributed by atoms with E-state index >= 15 is 0 Å². The van der Waals surface area contributed by atoms with E-state index in [1.165, 1.54) is 18.2 Å². The first-order chi connectivity index (χ1) is 21.4. The fourth-order valence-electron chi connectivity index (χ4n) is 5.08. The first-order valence-electron chi connectivity index (χ1n) is 14.5. The Labute approximate surface area is 258 Å². The van der Waals surface area contributed by atoms with Gasteiger partial charge in [0.25, 0.3) is 5.91 Å². The van der Waals surface area contributed by atoms with Gasteiger partial charge in [0, 0.05) is 68.5 Å². The summed E-state index contributed by atoms with van der Waals surface area (Å²) in [5.74, 6) is 0.679. The standard InChI is InChI=1S/C32H33FN8O4/c1-19-28(44-20(2)35-19)29(42)36-22-9-10-24(33)23(15-22)26-18-41-17-21(16-34-30(41)38-26)25-7-6-8-27(37-25)39-11-13-40(14-12-39)31(43)45-32(3,4)5/h6-10,15-18H,11-14H2,1-5H3,(H,36,42). The lowest BCUT2D eigenvalue weighted by molar-refractivity contribution is 0.0240. The first-order valence-corrected chi connectivity index (χ1v) is 14.5. The van der Waals surface area contributed by atoms with Gasteiger partial charge in [-0.1, -0.05) is 6.07 Å². The molecule has 5 heterocycles. The Morgan fingerprint density at radius 3 is 2.47 bits per heavy atom. The van der Waals surface area contributed by atoms with Crippen LogP contribution in [0.1, 0.15) is 42.9 Å². The van der Waals surface area contributed by atoms with Crippen LogP contribution in [0.2, 0.25) is 0 Å². The quantitative estimate of drug-likeness (QED) is 0.273. The minimum absolute atomic E-state index is 0.101. The molecule has 0 saturated carbocycles. The van der Waals surface area contributed by atoms with Gasteiger partial charge in [-0.25, -0.2) is 29.1 Å². The molecule has 0 spiro atoms. The summed E-state index contributed by atoms with van der Waals surface area (Å²) < 4.78 is 27.6. The van der Waals surface area contributed by atoms with Gasteiger partial charge in [0.2, 0.25) is 11.5 Å². The second-order valence-corrected chi connectivity index (χ2v) is 11.8. The van der Waals surface area contributed by atoms with Crippen molar-refractivity contribution in [1.29, 1.82) is 0 Å². The van der Waals surface area contributed by atoms with E-state index in [1.54, 1.807) is 35.5 Å². The number of pyridine rings is 1. The zero-order chi connectivity index (χ0) is 31.9. The smallest absolute Gasteiger partial charge is 0.410 e. The molecule has 0 aliphatic carbocycles. The summed E-state index contributed by atoms with van der Waals surface area (Å²) in [6, 6.07) is 10.0. The van der Waals surface area contributed by atoms with Crippen molar-refractivity contribution in [2.75, 3.05) is 36.4 Å². The molecule has 12 nitrogen and oxygen atoms in total. The van der Waals surface area contributed by atoms with E-state index in [0.29, 0.717) is 60.6 Å². The number of aromatic nitrogens is 5. The highest BCUT2D eigenvalue weighted by Crippen LogP contribution is 2.28. The number of oxazole rings is 1. The molecule has 6 rings (SSSR count). The molecule has 1 aliphatic heterocycles. The van der Waals surface area contributed by atoms with E-state index in [1.807, 2.05) is 45.2 Å². The van der Waals surface area contributed by atoms with Crippen LogP contribution in [0, 0.1) is 19.7 Å². The summed E-state index contributed by atoms with van der Waals surface area (Å²) >= 11 is 0. The zero-order valence-electron chi connectivity index (χ0n) is 25.7. The third kappa shape index (κ3) is 6.47. The predicted molar refractivity (Wildman–Crippen MR) is 166 cm³/mol. The van der Waals surface area contributed by atoms with E-state index < -0.39 is 17.3 Å². The van der Waals surface area contributed by atoms with Gasteiger partial charge in [-0.2, -0.15) is 0 Å². The Hall–Kier alpha value is -5.33. The number of nitrogens with zero attached hydrogens (tertiary/aromatic N) is 7. The van der Waals surface area contributed by atoms with Crippen molar-refractivity contribution >= 4 is 29.3 Å². The van der Waals surface area contributed by atoms with E-state index in [4.69, 9.17) is 14.1 Å². The summed E-state index contributed by atoms with van der Waals surface area (Å²) in [5.41, 5.74) is 2.32. The van der Waals surface area contributed by atoms with Crippen molar-refractivity contribution in [1.82, 2.24) is 29.2 Å². The third-order valence-electron chi connectivity index (χ3n) is 7.21. The number of carbonyl (C=O) groups is 2. The number of nitrogens with one attached hydrogen (secondary N) is 1. The molecule has 1 aliphatic rings. The average molecular weight is 613 g/mol. The second-order valence-electron chi connectivity index (χ2n) is 11.8. The number of carbonyl (C=O) groups excluding carboxylic acids is 2. The highest BCUT2D eigenvalue weighted by Gasteiger charge is 2.26. The van der Waals surface area contributed by atoms with Gasteiger partial charge in [0.1, 0.15) is 17.2 Å². The number of anilines is 2. The maximum Gasteiger partial charge on any atom is 0.410 e. The maximum atomic E-state index is 15.0. The molecule has 0 radical (unpaired) electrons. The molecule has 4 aromatic heterocycles. The average Bonchev–Trinajstić information content (AvgIpc) is 3.59. The Morgan fingerprint density at radius 2 is 1.76 bits per heavy atom. The van der Waals surface area contributed by atoms with Crippen molar-refractivity contribution in [2.24, 2.45) is 0 Å². The molecular weight excluding hydrogens is 579 g/mol. The topological polar surface area (TPSA) is 131 Å². The van der Waals surface area contributed by atoms with Crippen LogP contribution in [0.5, 0.6) is 0 Å². The number of hydrogen-bond donors (Lipinski definition) is 1. The summed E-state index contributed by atoms with van der Waals surface area (Å²) in [5, 5.41) is 2.74. The molecule has 13 heteroatoms. The monoisotopic (exact) mass is 612 g/mol. The highest BCUT2D eigenvalue weighted by molar-refractivity contribution is 6.03. The zero-order valence-corrected chi connectivity index (χ0v) is 25.7. The molecule has 232 valence electrons. The molecule has 1 aromatic carbocycles. The molecule has 0 bridgehead atoms. The number of halogens is 1.